The van der Waals surface area contributed by atoms with Crippen LogP contribution in [0.1, 0.15) is 33.4 Å². The number of halogens is 2. The summed E-state index contributed by atoms with van der Waals surface area (Å²) in [5, 5.41) is 11.1. The fraction of sp³-hybridized carbons (Fsp3) is 0.0442. The fourth-order valence-corrected chi connectivity index (χ4v) is 20.2. The predicted molar refractivity (Wildman–Crippen MR) is 520 cm³/mol. The minimum Gasteiger partial charge on any atom is -0.399 e. The van der Waals surface area contributed by atoms with Crippen molar-refractivity contribution in [2.45, 2.75) is 31.3 Å². The molecule has 9 heteroatoms. The first-order valence-corrected chi connectivity index (χ1v) is 43.3. The molecule has 2 aliphatic heterocycles. The zero-order valence-corrected chi connectivity index (χ0v) is 70.2. The van der Waals surface area contributed by atoms with Crippen LogP contribution in [0.5, 0.6) is 0 Å². The van der Waals surface area contributed by atoms with Crippen molar-refractivity contribution in [2.24, 2.45) is 0 Å². The summed E-state index contributed by atoms with van der Waals surface area (Å²) in [5.41, 5.74) is 39.8. The normalized spacial score (nSPS) is 13.0. The number of para-hydroxylation sites is 10. The first kappa shape index (κ1) is 75.2. The molecule has 584 valence electrons. The van der Waals surface area contributed by atoms with Gasteiger partial charge in [0.2, 0.25) is 0 Å². The van der Waals surface area contributed by atoms with Gasteiger partial charge in [0.15, 0.2) is 0 Å². The van der Waals surface area contributed by atoms with Crippen molar-refractivity contribution < 1.29 is 0 Å². The number of nitrogens with two attached hydrogens (primary N) is 1. The third-order valence-corrected chi connectivity index (χ3v) is 25.8. The minimum absolute atomic E-state index is 0.0579. The molecule has 0 fully saturated rings. The number of fused-ring (bicyclic) bond motifs is 21. The Bertz CT molecular complexity index is 7420. The van der Waals surface area contributed by atoms with Gasteiger partial charge in [-0.15, -0.1) is 0 Å². The van der Waals surface area contributed by atoms with Crippen LogP contribution in [-0.2, 0) is 31.3 Å². The maximum Gasteiger partial charge on any atom is 0.147 e. The number of anilines is 6. The van der Waals surface area contributed by atoms with Crippen molar-refractivity contribution in [3.8, 4) is 39.3 Å². The van der Waals surface area contributed by atoms with E-state index >= 15 is 0 Å². The maximum atomic E-state index is 5.36. The lowest BCUT2D eigenvalue weighted by molar-refractivity contribution is 0.412. The van der Waals surface area contributed by atoms with Gasteiger partial charge in [-0.3, -0.25) is 4.48 Å². The molecule has 0 atom stereocenters. The van der Waals surface area contributed by atoms with E-state index in [1.807, 2.05) is 54.6 Å². The lowest BCUT2D eigenvalue weighted by atomic mass is 9.75. The summed E-state index contributed by atoms with van der Waals surface area (Å²) in [7, 11) is 0. The minimum atomic E-state index is -0.0579. The Morgan fingerprint density at radius 3 is 1.21 bits per heavy atom. The van der Waals surface area contributed by atoms with E-state index in [1.165, 1.54) is 155 Å². The molecule has 18 aromatic carbocycles. The van der Waals surface area contributed by atoms with Gasteiger partial charge in [0, 0.05) is 132 Å². The van der Waals surface area contributed by atoms with Gasteiger partial charge < -0.3 is 29.7 Å². The Kier molecular flexibility index (Phi) is 19.8. The lowest BCUT2D eigenvalue weighted by Crippen LogP contribution is -2.36. The van der Waals surface area contributed by atoms with Crippen LogP contribution in [0, 0.1) is 0 Å². The van der Waals surface area contributed by atoms with Gasteiger partial charge in [-0.25, -0.2) is 0 Å². The van der Waals surface area contributed by atoms with Gasteiger partial charge in [0.25, 0.3) is 0 Å². The average Bonchev–Trinajstić information content (AvgIpc) is 1.55. The molecular weight excluding hydrogens is 1620 g/mol. The summed E-state index contributed by atoms with van der Waals surface area (Å²) >= 11 is 7.25. The van der Waals surface area contributed by atoms with Gasteiger partial charge in [0.05, 0.1) is 33.1 Å². The van der Waals surface area contributed by atoms with Crippen LogP contribution in [0.3, 0.4) is 0 Å². The zero-order chi connectivity index (χ0) is 81.7. The Morgan fingerprint density at radius 2 is 0.656 bits per heavy atom. The second kappa shape index (κ2) is 32.1. The highest BCUT2D eigenvalue weighted by atomic mass is 79.9. The highest BCUT2D eigenvalue weighted by molar-refractivity contribution is 9.10. The van der Waals surface area contributed by atoms with E-state index < -0.39 is 0 Å². The van der Waals surface area contributed by atoms with Crippen molar-refractivity contribution in [3.05, 3.63) is 485 Å². The monoisotopic (exact) mass is 1700 g/mol. The second-order valence-corrected chi connectivity index (χ2v) is 33.8. The summed E-state index contributed by atoms with van der Waals surface area (Å²) in [6.45, 7) is 2.10. The number of nitrogens with zero attached hydrogens (tertiary/aromatic N) is 5. The van der Waals surface area contributed by atoms with Gasteiger partial charge in [-0.05, 0) is 204 Å². The topological polar surface area (TPSA) is 56.1 Å². The predicted octanol–water partition coefficient (Wildman–Crippen LogP) is 30.4. The van der Waals surface area contributed by atoms with Gasteiger partial charge in [-0.2, -0.15) is 0 Å². The number of nitrogens with one attached hydrogen (secondary N) is 1. The SMILES string of the molecule is Brc1ccc2c(c1)[N+]1(Cc3ccccc3C1)c1ccccc1-2.Brc1ccc2c3ccccc3n(-c3ccccc3)c2c1.Nc1ccccc1.c1ccc(N(c2ccc3c(c2)C2(Cc4ccccc4C2)c2ccccc2-3)c2ccc3c4ccccc4n(-c4ccccc4)c3c2)cc1.c1ccc(Nc2ccc3c4ccccc4n(-c4ccccc4)c3c2)cc1. The van der Waals surface area contributed by atoms with Gasteiger partial charge in [0.1, 0.15) is 24.5 Å². The van der Waals surface area contributed by atoms with E-state index in [2.05, 4.69) is 444 Å². The molecule has 3 aromatic heterocycles. The summed E-state index contributed by atoms with van der Waals surface area (Å²) in [6, 6.07) is 158. The van der Waals surface area contributed by atoms with E-state index in [0.29, 0.717) is 0 Å². The first-order valence-electron chi connectivity index (χ1n) is 41.7. The standard InChI is InChI=1S/C45H32N2.C24H18N2.C20H15BrN.C18H12BrN.C6H7N/c1-3-15-33(16-4-1)46(36-24-26-40-39-20-10-12-22-43(39)47(44(40)28-36)34-17-5-2-6-18-34)35-23-25-38-37-19-9-11-21-41(37)45(42(38)27-35)29-31-13-7-8-14-32(31)30-45;1-3-9-18(10-4-1)25-19-15-16-22-21-13-7-8-14-23(21)26(24(22)17-19)20-11-5-2-6-12-20;21-16-9-10-18-17-7-3-4-8-19(17)22(20(18)11-16)12-14-5-1-2-6-15(14)13-22;19-13-10-11-16-15-8-4-5-9-17(15)20(18(16)12-13)14-6-2-1-3-7-14;7-6-4-2-1-3-5-6/h1-28H,29-30H2;1-17,25H;1-11H,12-13H2;1-12H;1-5H,7H2/q;;+1;;. The zero-order valence-electron chi connectivity index (χ0n) is 67.0. The van der Waals surface area contributed by atoms with Crippen molar-refractivity contribution in [2.75, 3.05) is 16.0 Å². The number of quaternary nitrogens is 1. The van der Waals surface area contributed by atoms with E-state index in [1.54, 1.807) is 0 Å². The number of hydrogen-bond acceptors (Lipinski definition) is 3. The van der Waals surface area contributed by atoms with E-state index in [0.717, 1.165) is 67.8 Å². The van der Waals surface area contributed by atoms with Crippen LogP contribution in [-0.4, -0.2) is 13.7 Å². The number of benzene rings is 18. The molecule has 3 N–H and O–H groups in total. The molecule has 0 unspecified atom stereocenters. The smallest absolute Gasteiger partial charge is 0.147 e. The molecule has 5 heterocycles. The number of rotatable bonds is 8. The van der Waals surface area contributed by atoms with Crippen LogP contribution in [0.15, 0.2) is 452 Å². The van der Waals surface area contributed by atoms with Crippen molar-refractivity contribution in [1.29, 1.82) is 0 Å². The van der Waals surface area contributed by atoms with Crippen LogP contribution in [0.2, 0.25) is 0 Å². The van der Waals surface area contributed by atoms with Crippen LogP contribution in [0.4, 0.5) is 45.5 Å². The van der Waals surface area contributed by atoms with Gasteiger partial charge in [-0.1, -0.05) is 305 Å². The third kappa shape index (κ3) is 13.6. The molecule has 0 bridgehead atoms. The molecule has 21 aromatic rings. The average molecular weight is 1700 g/mol. The van der Waals surface area contributed by atoms with Crippen molar-refractivity contribution in [1.82, 2.24) is 18.2 Å². The van der Waals surface area contributed by atoms with Crippen LogP contribution >= 0.6 is 31.9 Å². The Hall–Kier alpha value is -14.3. The highest BCUT2D eigenvalue weighted by Crippen LogP contribution is 2.59. The Labute approximate surface area is 727 Å². The van der Waals surface area contributed by atoms with E-state index in [-0.39, 0.29) is 5.41 Å². The van der Waals surface area contributed by atoms with E-state index in [4.69, 9.17) is 5.73 Å². The molecule has 4 aliphatic rings. The van der Waals surface area contributed by atoms with Crippen molar-refractivity contribution in [3.63, 3.8) is 0 Å². The molecule has 2 aliphatic carbocycles. The van der Waals surface area contributed by atoms with E-state index in [9.17, 15) is 0 Å². The fourth-order valence-electron chi connectivity index (χ4n) is 19.5. The largest absolute Gasteiger partial charge is 0.399 e. The molecule has 0 radical (unpaired) electrons. The molecule has 25 rings (SSSR count). The molecule has 0 saturated carbocycles. The quantitative estimate of drug-likeness (QED) is 0.118. The molecule has 0 saturated heterocycles. The first-order chi connectivity index (χ1) is 60.2. The maximum absolute atomic E-state index is 5.36. The summed E-state index contributed by atoms with van der Waals surface area (Å²) in [6.07, 6.45) is 2.07. The van der Waals surface area contributed by atoms with Crippen LogP contribution in [0.25, 0.3) is 105 Å². The van der Waals surface area contributed by atoms with Crippen LogP contribution < -0.4 is 20.4 Å². The molecule has 7 nitrogen and oxygen atoms in total. The Morgan fingerprint density at radius 1 is 0.270 bits per heavy atom. The summed E-state index contributed by atoms with van der Waals surface area (Å²) < 4.78 is 10.2. The lowest BCUT2D eigenvalue weighted by Gasteiger charge is -2.30. The molecule has 122 heavy (non-hydrogen) atoms. The highest BCUT2D eigenvalue weighted by Gasteiger charge is 2.49. The Balaban J connectivity index is 0.000000104. The molecule has 2 spiro atoms. The number of aromatic nitrogens is 3. The number of nitrogen functional groups attached to an aromatic ring is 1. The molecule has 0 amide bonds. The summed E-state index contributed by atoms with van der Waals surface area (Å²) in [4.78, 5) is 2.44. The van der Waals surface area contributed by atoms with Gasteiger partial charge >= 0.3 is 0 Å². The molecular formula is C113H84Br2N7+. The third-order valence-electron chi connectivity index (χ3n) is 24.8. The summed E-state index contributed by atoms with van der Waals surface area (Å²) in [5.74, 6) is 0. The second-order valence-electron chi connectivity index (χ2n) is 31.9. The number of hydrogen-bond donors (Lipinski definition) is 2. The van der Waals surface area contributed by atoms with Crippen molar-refractivity contribution >= 4 is 143 Å².